The molecule has 4 N–H and O–H groups in total. The van der Waals surface area contributed by atoms with Crippen molar-refractivity contribution in [2.75, 3.05) is 19.3 Å². The fourth-order valence-electron chi connectivity index (χ4n) is 6.18. The van der Waals surface area contributed by atoms with Crippen LogP contribution in [-0.4, -0.2) is 61.3 Å². The quantitative estimate of drug-likeness (QED) is 0.362. The van der Waals surface area contributed by atoms with E-state index in [-0.39, 0.29) is 24.8 Å². The molecule has 1 unspecified atom stereocenters. The van der Waals surface area contributed by atoms with Gasteiger partial charge < -0.3 is 20.3 Å². The van der Waals surface area contributed by atoms with Crippen LogP contribution in [0.5, 0.6) is 0 Å². The lowest BCUT2D eigenvalue weighted by Gasteiger charge is -2.28. The lowest BCUT2D eigenvalue weighted by Crippen LogP contribution is -2.52. The molecule has 1 aromatic carbocycles. The third-order valence-corrected chi connectivity index (χ3v) is 9.01. The lowest BCUT2D eigenvalue weighted by molar-refractivity contribution is -0.147. The van der Waals surface area contributed by atoms with Crippen molar-refractivity contribution >= 4 is 38.7 Å². The number of hydrogen-bond acceptors (Lipinski definition) is 5. The Hall–Kier alpha value is -2.92. The minimum atomic E-state index is -3.66. The van der Waals surface area contributed by atoms with Gasteiger partial charge in [-0.1, -0.05) is 56.7 Å². The summed E-state index contributed by atoms with van der Waals surface area (Å²) in [7, 11) is -3.66. The lowest BCUT2D eigenvalue weighted by atomic mass is 9.82. The highest BCUT2D eigenvalue weighted by Gasteiger charge is 2.38. The molecule has 1 aliphatic heterocycles. The van der Waals surface area contributed by atoms with Gasteiger partial charge in [0, 0.05) is 43.2 Å². The Morgan fingerprint density at radius 3 is 2.52 bits per heavy atom. The number of benzene rings is 1. The normalized spacial score (nSPS) is 21.0. The van der Waals surface area contributed by atoms with Crippen molar-refractivity contribution in [3.8, 4) is 0 Å². The third-order valence-electron chi connectivity index (χ3n) is 8.32. The first kappa shape index (κ1) is 30.0. The van der Waals surface area contributed by atoms with Crippen LogP contribution in [0.3, 0.4) is 0 Å². The van der Waals surface area contributed by atoms with Gasteiger partial charge >= 0.3 is 5.97 Å². The zero-order chi connectivity index (χ0) is 28.7. The van der Waals surface area contributed by atoms with E-state index in [1.165, 1.54) is 0 Å². The Morgan fingerprint density at radius 1 is 1.07 bits per heavy atom. The zero-order valence-electron chi connectivity index (χ0n) is 23.2. The first-order valence-electron chi connectivity index (χ1n) is 14.4. The van der Waals surface area contributed by atoms with Crippen molar-refractivity contribution in [3.05, 3.63) is 36.0 Å². The average molecular weight is 575 g/mol. The summed E-state index contributed by atoms with van der Waals surface area (Å²) in [6.45, 7) is 0.991. The van der Waals surface area contributed by atoms with Crippen molar-refractivity contribution < 1.29 is 27.9 Å². The summed E-state index contributed by atoms with van der Waals surface area (Å²) >= 11 is 0. The second-order valence-electron chi connectivity index (χ2n) is 11.4. The van der Waals surface area contributed by atoms with Crippen molar-refractivity contribution in [2.24, 2.45) is 17.8 Å². The van der Waals surface area contributed by atoms with E-state index in [0.29, 0.717) is 13.0 Å². The monoisotopic (exact) mass is 574 g/mol. The van der Waals surface area contributed by atoms with Crippen LogP contribution in [-0.2, 0) is 37.4 Å². The minimum Gasteiger partial charge on any atom is -0.481 e. The van der Waals surface area contributed by atoms with Crippen LogP contribution in [0.25, 0.3) is 10.9 Å². The molecule has 4 rings (SSSR count). The second-order valence-corrected chi connectivity index (χ2v) is 13.2. The van der Waals surface area contributed by atoms with Gasteiger partial charge in [-0.3, -0.25) is 14.4 Å². The number of carboxylic acid groups (broad SMARTS) is 1. The molecule has 1 saturated carbocycles. The fraction of sp³-hybridized carbons (Fsp3) is 0.621. The number of fused-ring (bicyclic) bond motifs is 5. The molecule has 2 bridgehead atoms. The maximum absolute atomic E-state index is 13.8. The summed E-state index contributed by atoms with van der Waals surface area (Å²) in [5.41, 5.74) is 2.02. The van der Waals surface area contributed by atoms with E-state index in [0.717, 1.165) is 80.6 Å². The number of hydrogen-bond donors (Lipinski definition) is 4. The number of aromatic nitrogens is 1. The highest BCUT2D eigenvalue weighted by Crippen LogP contribution is 2.33. The Kier molecular flexibility index (Phi) is 10.2. The second kappa shape index (κ2) is 13.6. The Labute approximate surface area is 236 Å². The maximum Gasteiger partial charge on any atom is 0.308 e. The number of aryl methyl sites for hydroxylation is 1. The van der Waals surface area contributed by atoms with Crippen molar-refractivity contribution in [3.63, 3.8) is 0 Å². The summed E-state index contributed by atoms with van der Waals surface area (Å²) in [5.74, 6) is -4.11. The fourth-order valence-corrected chi connectivity index (χ4v) is 6.66. The van der Waals surface area contributed by atoms with Gasteiger partial charge in [-0.15, -0.1) is 0 Å². The number of rotatable bonds is 9. The molecule has 2 aromatic rings. The van der Waals surface area contributed by atoms with Gasteiger partial charge in [-0.25, -0.2) is 13.1 Å². The van der Waals surface area contributed by atoms with Crippen LogP contribution in [0.2, 0.25) is 0 Å². The SMILES string of the molecule is CS(=O)(=O)NCC(C(=O)O)[C@@H](CC1CCCC1)C(=O)N[C@H]1Cc2cn(c3ccccc23)CCCCCCNC1=O. The molecule has 11 heteroatoms. The van der Waals surface area contributed by atoms with Gasteiger partial charge in [-0.2, -0.15) is 0 Å². The summed E-state index contributed by atoms with van der Waals surface area (Å²) in [5, 5.41) is 16.9. The number of carbonyl (C=O) groups excluding carboxylic acids is 2. The molecule has 0 spiro atoms. The first-order chi connectivity index (χ1) is 19.1. The van der Waals surface area contributed by atoms with Crippen LogP contribution in [0, 0.1) is 17.8 Å². The Morgan fingerprint density at radius 2 is 1.80 bits per heavy atom. The van der Waals surface area contributed by atoms with Gasteiger partial charge in [0.15, 0.2) is 0 Å². The van der Waals surface area contributed by atoms with Crippen LogP contribution in [0.1, 0.15) is 63.4 Å². The van der Waals surface area contributed by atoms with Crippen LogP contribution < -0.4 is 15.4 Å². The molecule has 220 valence electrons. The molecule has 2 aliphatic rings. The summed E-state index contributed by atoms with van der Waals surface area (Å²) in [6.07, 6.45) is 11.4. The predicted octanol–water partition coefficient (Wildman–Crippen LogP) is 2.81. The molecule has 2 heterocycles. The molecular weight excluding hydrogens is 532 g/mol. The minimum absolute atomic E-state index is 0.183. The summed E-state index contributed by atoms with van der Waals surface area (Å²) in [4.78, 5) is 39.5. The van der Waals surface area contributed by atoms with Gasteiger partial charge in [0.1, 0.15) is 6.04 Å². The highest BCUT2D eigenvalue weighted by molar-refractivity contribution is 7.88. The van der Waals surface area contributed by atoms with Crippen LogP contribution in [0.4, 0.5) is 0 Å². The van der Waals surface area contributed by atoms with Gasteiger partial charge in [0.25, 0.3) is 0 Å². The van der Waals surface area contributed by atoms with E-state index in [2.05, 4.69) is 32.2 Å². The van der Waals surface area contributed by atoms with Crippen molar-refractivity contribution in [2.45, 2.75) is 76.8 Å². The van der Waals surface area contributed by atoms with Crippen LogP contribution in [0.15, 0.2) is 30.5 Å². The summed E-state index contributed by atoms with van der Waals surface area (Å²) in [6, 6.07) is 7.13. The largest absolute Gasteiger partial charge is 0.481 e. The molecule has 40 heavy (non-hydrogen) atoms. The molecule has 0 radical (unpaired) electrons. The molecule has 1 aliphatic carbocycles. The van der Waals surface area contributed by atoms with Crippen molar-refractivity contribution in [1.29, 1.82) is 0 Å². The molecule has 3 atom stereocenters. The molecule has 10 nitrogen and oxygen atoms in total. The predicted molar refractivity (Wildman–Crippen MR) is 153 cm³/mol. The van der Waals surface area contributed by atoms with Gasteiger partial charge in [0.05, 0.1) is 18.1 Å². The number of sulfonamides is 1. The number of para-hydroxylation sites is 1. The van der Waals surface area contributed by atoms with Crippen LogP contribution >= 0.6 is 0 Å². The number of carboxylic acids is 1. The van der Waals surface area contributed by atoms with E-state index in [9.17, 15) is 27.9 Å². The number of carbonyl (C=O) groups is 3. The Balaban J connectivity index is 1.62. The number of nitrogens with one attached hydrogen (secondary N) is 3. The topological polar surface area (TPSA) is 147 Å². The highest BCUT2D eigenvalue weighted by atomic mass is 32.2. The molecule has 0 saturated heterocycles. The van der Waals surface area contributed by atoms with Gasteiger partial charge in [-0.05, 0) is 36.8 Å². The smallest absolute Gasteiger partial charge is 0.308 e. The average Bonchev–Trinajstić information content (AvgIpc) is 3.54. The summed E-state index contributed by atoms with van der Waals surface area (Å²) < 4.78 is 28.0. The molecule has 1 aromatic heterocycles. The molecular formula is C29H42N4O6S. The number of nitrogens with zero attached hydrogens (tertiary/aromatic N) is 1. The number of amides is 2. The van der Waals surface area contributed by atoms with E-state index < -0.39 is 39.8 Å². The maximum atomic E-state index is 13.8. The zero-order valence-corrected chi connectivity index (χ0v) is 24.0. The van der Waals surface area contributed by atoms with Crippen molar-refractivity contribution in [1.82, 2.24) is 19.9 Å². The van der Waals surface area contributed by atoms with Gasteiger partial charge in [0.2, 0.25) is 21.8 Å². The van der Waals surface area contributed by atoms with E-state index >= 15 is 0 Å². The standard InChI is InChI=1S/C29H42N4O6S/c1-40(38,39)31-18-24(29(36)37)23(16-20-10-4-5-11-20)27(34)32-25-17-21-19-33(26-13-7-6-12-22(21)26)15-9-3-2-8-14-30-28(25)35/h6-7,12-13,19-20,23-25,31H,2-5,8-11,14-18H2,1H3,(H,30,35)(H,32,34)(H,36,37)/t23-,24?,25+/m1/s1. The van der Waals surface area contributed by atoms with E-state index in [4.69, 9.17) is 0 Å². The molecule has 1 fully saturated rings. The van der Waals surface area contributed by atoms with E-state index in [1.807, 2.05) is 18.2 Å². The first-order valence-corrected chi connectivity index (χ1v) is 16.3. The number of aliphatic carboxylic acids is 1. The third kappa shape index (κ3) is 8.06. The molecule has 2 amide bonds. The Bertz CT molecular complexity index is 1300. The van der Waals surface area contributed by atoms with E-state index in [1.54, 1.807) is 0 Å².